The van der Waals surface area contributed by atoms with Crippen LogP contribution in [0, 0.1) is 5.41 Å². The van der Waals surface area contributed by atoms with Gasteiger partial charge < -0.3 is 4.42 Å². The molecule has 8 rings (SSSR count). The molecule has 45 heavy (non-hydrogen) atoms. The molecule has 0 saturated heterocycles. The molecule has 4 heteroatoms. The van der Waals surface area contributed by atoms with Crippen LogP contribution in [0.5, 0.6) is 0 Å². The summed E-state index contributed by atoms with van der Waals surface area (Å²) in [6.45, 7) is 0. The molecule has 4 nitrogen and oxygen atoms in total. The molecule has 0 spiro atoms. The normalized spacial score (nSPS) is 12.1. The lowest BCUT2D eigenvalue weighted by Crippen LogP contribution is -2.05. The molecule has 0 atom stereocenters. The zero-order valence-electron chi connectivity index (χ0n) is 24.3. The number of aliphatic imine (C=N–C) groups is 2. The molecule has 1 heterocycles. The molecule has 0 saturated carbocycles. The fourth-order valence-electron chi connectivity index (χ4n) is 5.91. The smallest absolute Gasteiger partial charge is 0.161 e. The zero-order chi connectivity index (χ0) is 30.2. The van der Waals surface area contributed by atoms with Crippen molar-refractivity contribution in [3.63, 3.8) is 0 Å². The van der Waals surface area contributed by atoms with Crippen LogP contribution < -0.4 is 0 Å². The molecule has 0 fully saturated rings. The van der Waals surface area contributed by atoms with E-state index in [9.17, 15) is 0 Å². The van der Waals surface area contributed by atoms with Crippen molar-refractivity contribution in [3.05, 3.63) is 168 Å². The Balaban J connectivity index is 1.24. The van der Waals surface area contributed by atoms with Gasteiger partial charge in [-0.1, -0.05) is 121 Å². The Morgan fingerprint density at radius 2 is 1.20 bits per heavy atom. The van der Waals surface area contributed by atoms with Crippen LogP contribution >= 0.6 is 0 Å². The van der Waals surface area contributed by atoms with E-state index in [4.69, 9.17) is 19.8 Å². The molecular weight excluding hydrogens is 550 g/mol. The van der Waals surface area contributed by atoms with Crippen molar-refractivity contribution in [1.29, 1.82) is 5.41 Å². The number of hydrogen-bond acceptors (Lipinski definition) is 2. The number of fused-ring (bicyclic) bond motifs is 5. The molecule has 1 aromatic heterocycles. The summed E-state index contributed by atoms with van der Waals surface area (Å²) in [6.07, 6.45) is 1.83. The molecule has 0 amide bonds. The van der Waals surface area contributed by atoms with Crippen molar-refractivity contribution in [2.45, 2.75) is 0 Å². The highest BCUT2D eigenvalue weighted by molar-refractivity contribution is 6.18. The van der Waals surface area contributed by atoms with Gasteiger partial charge in [-0.25, -0.2) is 9.98 Å². The van der Waals surface area contributed by atoms with E-state index in [1.165, 1.54) is 11.1 Å². The summed E-state index contributed by atoms with van der Waals surface area (Å²) in [5.74, 6) is 0.617. The third-order valence-corrected chi connectivity index (χ3v) is 8.21. The summed E-state index contributed by atoms with van der Waals surface area (Å²) in [7, 11) is 0. The van der Waals surface area contributed by atoms with Gasteiger partial charge in [0.1, 0.15) is 11.2 Å². The summed E-state index contributed by atoms with van der Waals surface area (Å²) in [5.41, 5.74) is 6.49. The number of para-hydroxylation sites is 1. The maximum atomic E-state index is 8.99. The Bertz CT molecular complexity index is 2450. The molecule has 0 unspecified atom stereocenters. The van der Waals surface area contributed by atoms with Gasteiger partial charge in [0.05, 0.1) is 0 Å². The van der Waals surface area contributed by atoms with Gasteiger partial charge in [-0.15, -0.1) is 0 Å². The second kappa shape index (κ2) is 11.2. The molecule has 212 valence electrons. The van der Waals surface area contributed by atoms with E-state index in [1.54, 1.807) is 0 Å². The number of nitrogens with zero attached hydrogens (tertiary/aromatic N) is 2. The van der Waals surface area contributed by atoms with Crippen molar-refractivity contribution in [2.24, 2.45) is 9.98 Å². The second-order valence-corrected chi connectivity index (χ2v) is 11.1. The van der Waals surface area contributed by atoms with Gasteiger partial charge in [-0.3, -0.25) is 5.41 Å². The minimum atomic E-state index is 0.152. The third kappa shape index (κ3) is 5.09. The van der Waals surface area contributed by atoms with E-state index in [1.807, 2.05) is 85.1 Å². The van der Waals surface area contributed by atoms with E-state index < -0.39 is 0 Å². The second-order valence-electron chi connectivity index (χ2n) is 11.1. The third-order valence-electron chi connectivity index (χ3n) is 8.21. The van der Waals surface area contributed by atoms with Crippen LogP contribution in [0.3, 0.4) is 0 Å². The van der Waals surface area contributed by atoms with Crippen molar-refractivity contribution >= 4 is 61.4 Å². The minimum Gasteiger partial charge on any atom is -0.456 e. The predicted molar refractivity (Wildman–Crippen MR) is 188 cm³/mol. The van der Waals surface area contributed by atoms with E-state index in [-0.39, 0.29) is 5.84 Å². The first kappa shape index (κ1) is 26.5. The van der Waals surface area contributed by atoms with Crippen LogP contribution in [0.4, 0.5) is 0 Å². The van der Waals surface area contributed by atoms with Crippen LogP contribution in [-0.2, 0) is 0 Å². The van der Waals surface area contributed by atoms with Crippen molar-refractivity contribution in [1.82, 2.24) is 0 Å². The average molecular weight is 578 g/mol. The topological polar surface area (TPSA) is 61.7 Å². The van der Waals surface area contributed by atoms with Crippen molar-refractivity contribution < 1.29 is 4.42 Å². The molecule has 0 aliphatic carbocycles. The first-order valence-corrected chi connectivity index (χ1v) is 14.9. The maximum absolute atomic E-state index is 8.99. The van der Waals surface area contributed by atoms with E-state index in [0.717, 1.165) is 60.2 Å². The largest absolute Gasteiger partial charge is 0.456 e. The average Bonchev–Trinajstić information content (AvgIpc) is 3.49. The maximum Gasteiger partial charge on any atom is 0.161 e. The predicted octanol–water partition coefficient (Wildman–Crippen LogP) is 10.5. The Morgan fingerprint density at radius 1 is 0.533 bits per heavy atom. The molecule has 1 N–H and O–H groups in total. The molecule has 0 radical (unpaired) electrons. The highest BCUT2D eigenvalue weighted by Crippen LogP contribution is 2.31. The van der Waals surface area contributed by atoms with Gasteiger partial charge in [0.15, 0.2) is 11.7 Å². The quantitative estimate of drug-likeness (QED) is 0.164. The van der Waals surface area contributed by atoms with Crippen LogP contribution in [0.2, 0.25) is 0 Å². The number of benzene rings is 7. The van der Waals surface area contributed by atoms with Crippen LogP contribution in [0.1, 0.15) is 16.7 Å². The summed E-state index contributed by atoms with van der Waals surface area (Å²) in [5, 5.41) is 15.4. The molecular formula is C41H27N3O. The number of rotatable bonds is 4. The number of furan rings is 1. The van der Waals surface area contributed by atoms with Crippen LogP contribution in [0.15, 0.2) is 166 Å². The highest BCUT2D eigenvalue weighted by Gasteiger charge is 2.12. The molecule has 0 bridgehead atoms. The summed E-state index contributed by atoms with van der Waals surface area (Å²) in [4.78, 5) is 9.76. The van der Waals surface area contributed by atoms with E-state index in [2.05, 4.69) is 72.8 Å². The zero-order valence-corrected chi connectivity index (χ0v) is 24.3. The van der Waals surface area contributed by atoms with Crippen LogP contribution in [0.25, 0.3) is 54.6 Å². The summed E-state index contributed by atoms with van der Waals surface area (Å²) in [6, 6.07) is 51.3. The van der Waals surface area contributed by atoms with Gasteiger partial charge in [-0.2, -0.15) is 0 Å². The van der Waals surface area contributed by atoms with Crippen LogP contribution in [-0.4, -0.2) is 17.9 Å². The van der Waals surface area contributed by atoms with Gasteiger partial charge in [-0.05, 0) is 63.0 Å². The van der Waals surface area contributed by atoms with Gasteiger partial charge in [0, 0.05) is 33.7 Å². The van der Waals surface area contributed by atoms with Gasteiger partial charge in [0.2, 0.25) is 0 Å². The highest BCUT2D eigenvalue weighted by atomic mass is 16.3. The van der Waals surface area contributed by atoms with Gasteiger partial charge in [0.25, 0.3) is 0 Å². The van der Waals surface area contributed by atoms with Crippen molar-refractivity contribution in [3.8, 4) is 11.1 Å². The fourth-order valence-corrected chi connectivity index (χ4v) is 5.91. The summed E-state index contributed by atoms with van der Waals surface area (Å²) < 4.78 is 6.11. The Morgan fingerprint density at radius 3 is 2.11 bits per heavy atom. The number of nitrogens with one attached hydrogen (secondary N) is 1. The van der Waals surface area contributed by atoms with E-state index in [0.29, 0.717) is 5.84 Å². The minimum absolute atomic E-state index is 0.152. The lowest BCUT2D eigenvalue weighted by atomic mass is 10.00. The van der Waals surface area contributed by atoms with Crippen molar-refractivity contribution in [2.75, 3.05) is 0 Å². The molecule has 0 aliphatic heterocycles. The number of hydrogen-bond donors (Lipinski definition) is 1. The van der Waals surface area contributed by atoms with Gasteiger partial charge >= 0.3 is 0 Å². The van der Waals surface area contributed by atoms with E-state index >= 15 is 0 Å². The lowest BCUT2D eigenvalue weighted by molar-refractivity contribution is 0.669. The number of amidine groups is 2. The molecule has 7 aromatic carbocycles. The monoisotopic (exact) mass is 577 g/mol. The summed E-state index contributed by atoms with van der Waals surface area (Å²) >= 11 is 0. The first-order chi connectivity index (χ1) is 22.2. The Hall–Kier alpha value is -6.13. The molecule has 8 aromatic rings. The Labute approximate surface area is 260 Å². The SMILES string of the molecule is N=C(N=C(N=Cc1cccc2oc3ccccc3c12)c1ccc2cc(-c3ccccc3)ccc2c1)c1ccc2ccccc2c1. The first-order valence-electron chi connectivity index (χ1n) is 14.9. The fraction of sp³-hybridized carbons (Fsp3) is 0. The lowest BCUT2D eigenvalue weighted by Gasteiger charge is -2.08. The Kier molecular flexibility index (Phi) is 6.58. The molecule has 0 aliphatic rings. The standard InChI is InChI=1S/C41H27N3O/c42-40(33-21-17-28-11-4-5-12-29(28)24-33)44-41(43-26-35-13-8-16-38-39(35)36-14-6-7-15-37(36)45-38)34-22-20-31-23-30(18-19-32(31)25-34)27-9-2-1-3-10-27/h1-26,42H.